The van der Waals surface area contributed by atoms with Gasteiger partial charge in [-0.25, -0.2) is 4.79 Å². The summed E-state index contributed by atoms with van der Waals surface area (Å²) in [5.74, 6) is 1.31. The van der Waals surface area contributed by atoms with Gasteiger partial charge in [0.15, 0.2) is 0 Å². The first-order valence-electron chi connectivity index (χ1n) is 8.10. The second-order valence-corrected chi connectivity index (χ2v) is 6.15. The number of aryl methyl sites for hydroxylation is 1. The molecule has 0 bridgehead atoms. The third-order valence-electron chi connectivity index (χ3n) is 4.47. The molecule has 0 saturated heterocycles. The van der Waals surface area contributed by atoms with Crippen LogP contribution < -0.4 is 5.63 Å². The summed E-state index contributed by atoms with van der Waals surface area (Å²) in [6.45, 7) is 2.01. The van der Waals surface area contributed by atoms with Crippen molar-refractivity contribution in [1.82, 2.24) is 0 Å². The summed E-state index contributed by atoms with van der Waals surface area (Å²) in [6, 6.07) is 11.4. The fourth-order valence-corrected chi connectivity index (χ4v) is 3.03. The van der Waals surface area contributed by atoms with E-state index in [-0.39, 0.29) is 11.7 Å². The van der Waals surface area contributed by atoms with E-state index in [1.807, 2.05) is 37.3 Å². The minimum Gasteiger partial charge on any atom is -0.507 e. The highest BCUT2D eigenvalue weighted by Gasteiger charge is 2.24. The molecule has 1 aromatic heterocycles. The van der Waals surface area contributed by atoms with Crippen molar-refractivity contribution in [2.45, 2.75) is 44.9 Å². The molecule has 2 aromatic rings. The molecular formula is C19H22O3. The van der Waals surface area contributed by atoms with E-state index in [0.717, 1.165) is 30.7 Å². The van der Waals surface area contributed by atoms with Crippen LogP contribution in [-0.4, -0.2) is 5.11 Å². The van der Waals surface area contributed by atoms with Crippen molar-refractivity contribution >= 4 is 0 Å². The lowest BCUT2D eigenvalue weighted by molar-refractivity contribution is 0.402. The van der Waals surface area contributed by atoms with Crippen molar-refractivity contribution in [1.29, 1.82) is 0 Å². The quantitative estimate of drug-likeness (QED) is 0.868. The standard InChI is InChI=1S/C19H22O3/c1-2-16(14-6-4-3-5-7-14)18-17(20)12-15(22-19(18)21)11-10-13-8-9-13/h3-7,12-13,16,20H,2,8-11H2,1H3. The predicted octanol–water partition coefficient (Wildman–Crippen LogP) is 4.23. The molecule has 1 aliphatic carbocycles. The molecule has 22 heavy (non-hydrogen) atoms. The first kappa shape index (κ1) is 14.9. The van der Waals surface area contributed by atoms with Crippen molar-refractivity contribution < 1.29 is 9.52 Å². The third-order valence-corrected chi connectivity index (χ3v) is 4.47. The van der Waals surface area contributed by atoms with Crippen molar-refractivity contribution in [3.63, 3.8) is 0 Å². The largest absolute Gasteiger partial charge is 0.507 e. The molecular weight excluding hydrogens is 276 g/mol. The monoisotopic (exact) mass is 298 g/mol. The highest BCUT2D eigenvalue weighted by Crippen LogP contribution is 2.35. The maximum atomic E-state index is 12.4. The van der Waals surface area contributed by atoms with Gasteiger partial charge in [0, 0.05) is 18.4 Å². The van der Waals surface area contributed by atoms with E-state index in [2.05, 4.69) is 0 Å². The van der Waals surface area contributed by atoms with E-state index in [9.17, 15) is 9.90 Å². The normalized spacial score (nSPS) is 15.7. The van der Waals surface area contributed by atoms with Gasteiger partial charge in [-0.3, -0.25) is 0 Å². The van der Waals surface area contributed by atoms with Gasteiger partial charge in [-0.1, -0.05) is 50.1 Å². The molecule has 3 heteroatoms. The summed E-state index contributed by atoms with van der Waals surface area (Å²) in [7, 11) is 0. The van der Waals surface area contributed by atoms with Crippen LogP contribution >= 0.6 is 0 Å². The van der Waals surface area contributed by atoms with Gasteiger partial charge in [0.1, 0.15) is 11.5 Å². The Balaban J connectivity index is 1.90. The predicted molar refractivity (Wildman–Crippen MR) is 86.3 cm³/mol. The SMILES string of the molecule is CCC(c1ccccc1)c1c(O)cc(CCC2CC2)oc1=O. The summed E-state index contributed by atoms with van der Waals surface area (Å²) in [6.07, 6.45) is 5.07. The molecule has 116 valence electrons. The molecule has 1 unspecified atom stereocenters. The van der Waals surface area contributed by atoms with Gasteiger partial charge in [0.2, 0.25) is 0 Å². The summed E-state index contributed by atoms with van der Waals surface area (Å²) < 4.78 is 5.46. The van der Waals surface area contributed by atoms with E-state index in [1.165, 1.54) is 12.8 Å². The van der Waals surface area contributed by atoms with Crippen LogP contribution in [0.15, 0.2) is 45.6 Å². The topological polar surface area (TPSA) is 50.4 Å². The van der Waals surface area contributed by atoms with Crippen molar-refractivity contribution in [2.75, 3.05) is 0 Å². The Morgan fingerprint density at radius 2 is 2.00 bits per heavy atom. The second-order valence-electron chi connectivity index (χ2n) is 6.15. The van der Waals surface area contributed by atoms with Gasteiger partial charge in [-0.15, -0.1) is 0 Å². The van der Waals surface area contributed by atoms with E-state index >= 15 is 0 Å². The molecule has 0 amide bonds. The van der Waals surface area contributed by atoms with Crippen LogP contribution in [0.5, 0.6) is 5.75 Å². The fraction of sp³-hybridized carbons (Fsp3) is 0.421. The van der Waals surface area contributed by atoms with Gasteiger partial charge in [-0.05, 0) is 24.3 Å². The Morgan fingerprint density at radius 3 is 2.59 bits per heavy atom. The number of rotatable bonds is 6. The number of hydrogen-bond donors (Lipinski definition) is 1. The van der Waals surface area contributed by atoms with E-state index in [4.69, 9.17) is 4.42 Å². The van der Waals surface area contributed by atoms with Gasteiger partial charge in [-0.2, -0.15) is 0 Å². The van der Waals surface area contributed by atoms with Crippen LogP contribution in [0.3, 0.4) is 0 Å². The van der Waals surface area contributed by atoms with Gasteiger partial charge >= 0.3 is 5.63 Å². The zero-order valence-electron chi connectivity index (χ0n) is 12.9. The lowest BCUT2D eigenvalue weighted by atomic mass is 9.89. The molecule has 3 rings (SSSR count). The average molecular weight is 298 g/mol. The molecule has 1 fully saturated rings. The van der Waals surface area contributed by atoms with Crippen molar-refractivity contribution in [3.05, 3.63) is 63.7 Å². The van der Waals surface area contributed by atoms with E-state index in [0.29, 0.717) is 11.3 Å². The lowest BCUT2D eigenvalue weighted by Crippen LogP contribution is -2.14. The average Bonchev–Trinajstić information content (AvgIpc) is 3.34. The summed E-state index contributed by atoms with van der Waals surface area (Å²) in [5, 5.41) is 10.4. The highest BCUT2D eigenvalue weighted by atomic mass is 16.4. The Hall–Kier alpha value is -2.03. The molecule has 1 saturated carbocycles. The summed E-state index contributed by atoms with van der Waals surface area (Å²) in [5.41, 5.74) is 1.00. The molecule has 1 atom stereocenters. The first-order valence-corrected chi connectivity index (χ1v) is 8.10. The summed E-state index contributed by atoms with van der Waals surface area (Å²) >= 11 is 0. The third kappa shape index (κ3) is 3.24. The number of benzene rings is 1. The van der Waals surface area contributed by atoms with E-state index in [1.54, 1.807) is 6.07 Å². The molecule has 3 nitrogen and oxygen atoms in total. The molecule has 1 aromatic carbocycles. The molecule has 1 heterocycles. The minimum absolute atomic E-state index is 0.0674. The van der Waals surface area contributed by atoms with Crippen LogP contribution in [0, 0.1) is 5.92 Å². The number of hydrogen-bond acceptors (Lipinski definition) is 3. The van der Waals surface area contributed by atoms with Crippen molar-refractivity contribution in [2.24, 2.45) is 5.92 Å². The van der Waals surface area contributed by atoms with Crippen LogP contribution in [0.25, 0.3) is 0 Å². The smallest absolute Gasteiger partial charge is 0.343 e. The Labute approximate surface area is 130 Å². The molecule has 0 radical (unpaired) electrons. The van der Waals surface area contributed by atoms with Crippen LogP contribution in [0.2, 0.25) is 0 Å². The van der Waals surface area contributed by atoms with Gasteiger partial charge < -0.3 is 9.52 Å². The van der Waals surface area contributed by atoms with Crippen LogP contribution in [-0.2, 0) is 6.42 Å². The van der Waals surface area contributed by atoms with Crippen LogP contribution in [0.1, 0.15) is 55.4 Å². The van der Waals surface area contributed by atoms with Gasteiger partial charge in [0.05, 0.1) is 5.56 Å². The molecule has 0 aliphatic heterocycles. The lowest BCUT2D eigenvalue weighted by Gasteiger charge is -2.16. The fourth-order valence-electron chi connectivity index (χ4n) is 3.03. The highest BCUT2D eigenvalue weighted by molar-refractivity contribution is 5.39. The first-order chi connectivity index (χ1) is 10.7. The number of aromatic hydroxyl groups is 1. The zero-order chi connectivity index (χ0) is 15.5. The molecule has 1 N–H and O–H groups in total. The van der Waals surface area contributed by atoms with Gasteiger partial charge in [0.25, 0.3) is 0 Å². The Kier molecular flexibility index (Phi) is 4.32. The summed E-state index contributed by atoms with van der Waals surface area (Å²) in [4.78, 5) is 12.4. The Morgan fingerprint density at radius 1 is 1.27 bits per heavy atom. The zero-order valence-corrected chi connectivity index (χ0v) is 12.9. The van der Waals surface area contributed by atoms with E-state index < -0.39 is 5.63 Å². The second kappa shape index (κ2) is 6.39. The maximum Gasteiger partial charge on any atom is 0.343 e. The van der Waals surface area contributed by atoms with Crippen molar-refractivity contribution in [3.8, 4) is 5.75 Å². The maximum absolute atomic E-state index is 12.4. The van der Waals surface area contributed by atoms with Crippen LogP contribution in [0.4, 0.5) is 0 Å². The molecule has 1 aliphatic rings. The molecule has 0 spiro atoms. The minimum atomic E-state index is -0.401. The Bertz CT molecular complexity index is 684.